The molecule has 0 saturated heterocycles. The Balaban J connectivity index is 1.67. The topological polar surface area (TPSA) is 12.0 Å². The van der Waals surface area contributed by atoms with Crippen LogP contribution in [0.15, 0.2) is 84.9 Å². The van der Waals surface area contributed by atoms with Gasteiger partial charge in [0.25, 0.3) is 0 Å². The van der Waals surface area contributed by atoms with Gasteiger partial charge in [-0.25, -0.2) is 0 Å². The molecule has 0 radical (unpaired) electrons. The number of unbranched alkanes of at least 4 members (excludes halogenated alkanes) is 2. The van der Waals surface area contributed by atoms with Crippen LogP contribution in [0.3, 0.4) is 0 Å². The summed E-state index contributed by atoms with van der Waals surface area (Å²) >= 11 is 0. The van der Waals surface area contributed by atoms with Gasteiger partial charge >= 0.3 is 0 Å². The van der Waals surface area contributed by atoms with E-state index in [0.717, 1.165) is 24.2 Å². The van der Waals surface area contributed by atoms with Crippen LogP contribution in [-0.2, 0) is 12.8 Å². The fourth-order valence-corrected chi connectivity index (χ4v) is 4.12. The maximum Gasteiger partial charge on any atom is 0.0464 e. The fraction of sp³-hybridized carbons (Fsp3) is 0.267. The summed E-state index contributed by atoms with van der Waals surface area (Å²) in [5.41, 5.74) is 7.66. The van der Waals surface area contributed by atoms with Gasteiger partial charge in [0, 0.05) is 16.9 Å². The highest BCUT2D eigenvalue weighted by atomic mass is 14.9. The Kier molecular flexibility index (Phi) is 7.04. The summed E-state index contributed by atoms with van der Waals surface area (Å²) in [6.07, 6.45) is 7.21. The van der Waals surface area contributed by atoms with Crippen molar-refractivity contribution in [2.24, 2.45) is 0 Å². The van der Waals surface area contributed by atoms with E-state index in [1.165, 1.54) is 58.7 Å². The number of anilines is 2. The van der Waals surface area contributed by atoms with Gasteiger partial charge in [-0.15, -0.1) is 0 Å². The van der Waals surface area contributed by atoms with Crippen LogP contribution >= 0.6 is 0 Å². The van der Waals surface area contributed by atoms with Gasteiger partial charge in [-0.1, -0.05) is 81.3 Å². The lowest BCUT2D eigenvalue weighted by molar-refractivity contribution is 0.795. The average molecular weight is 408 g/mol. The first-order valence-electron chi connectivity index (χ1n) is 11.7. The average Bonchev–Trinajstić information content (AvgIpc) is 2.82. The fourth-order valence-electron chi connectivity index (χ4n) is 4.12. The van der Waals surface area contributed by atoms with Crippen LogP contribution in [0.5, 0.6) is 0 Å². The molecule has 0 heterocycles. The molecule has 0 aromatic heterocycles. The summed E-state index contributed by atoms with van der Waals surface area (Å²) in [6, 6.07) is 31.2. The molecule has 0 unspecified atom stereocenters. The zero-order valence-corrected chi connectivity index (χ0v) is 18.8. The van der Waals surface area contributed by atoms with Crippen LogP contribution < -0.4 is 5.32 Å². The molecule has 0 aliphatic carbocycles. The van der Waals surface area contributed by atoms with Crippen LogP contribution in [0.1, 0.15) is 50.7 Å². The molecule has 31 heavy (non-hydrogen) atoms. The predicted molar refractivity (Wildman–Crippen MR) is 136 cm³/mol. The van der Waals surface area contributed by atoms with Crippen molar-refractivity contribution in [1.29, 1.82) is 0 Å². The maximum absolute atomic E-state index is 3.69. The standard InChI is InChI=1S/C30H33N/c1-3-5-9-23-13-18-28(19-14-23)31-30-20-15-24(10-6-4-2)21-29(30)27-17-16-25-11-7-8-12-26(25)22-27/h7-8,11-22,31H,3-6,9-10H2,1-2H3. The lowest BCUT2D eigenvalue weighted by Gasteiger charge is -2.15. The molecule has 0 spiro atoms. The smallest absolute Gasteiger partial charge is 0.0464 e. The Hall–Kier alpha value is -3.06. The second-order valence-electron chi connectivity index (χ2n) is 8.47. The summed E-state index contributed by atoms with van der Waals surface area (Å²) in [7, 11) is 0. The Morgan fingerprint density at radius 3 is 2.03 bits per heavy atom. The van der Waals surface area contributed by atoms with Crippen LogP contribution in [0.4, 0.5) is 11.4 Å². The van der Waals surface area contributed by atoms with Crippen molar-refractivity contribution in [3.8, 4) is 11.1 Å². The minimum absolute atomic E-state index is 1.13. The highest BCUT2D eigenvalue weighted by Gasteiger charge is 2.09. The number of aryl methyl sites for hydroxylation is 2. The zero-order chi connectivity index (χ0) is 21.5. The normalized spacial score (nSPS) is 11.0. The van der Waals surface area contributed by atoms with Crippen molar-refractivity contribution in [3.63, 3.8) is 0 Å². The third-order valence-electron chi connectivity index (χ3n) is 6.02. The predicted octanol–water partition coefficient (Wildman–Crippen LogP) is 8.94. The lowest BCUT2D eigenvalue weighted by Crippen LogP contribution is -1.96. The number of nitrogens with one attached hydrogen (secondary N) is 1. The molecule has 0 saturated carbocycles. The third-order valence-corrected chi connectivity index (χ3v) is 6.02. The second-order valence-corrected chi connectivity index (χ2v) is 8.47. The Bertz CT molecular complexity index is 1120. The van der Waals surface area contributed by atoms with E-state index >= 15 is 0 Å². The van der Waals surface area contributed by atoms with Crippen molar-refractivity contribution < 1.29 is 0 Å². The first kappa shape index (κ1) is 21.2. The summed E-state index contributed by atoms with van der Waals surface area (Å²) in [4.78, 5) is 0. The maximum atomic E-state index is 3.69. The van der Waals surface area contributed by atoms with Gasteiger partial charge in [0.05, 0.1) is 0 Å². The van der Waals surface area contributed by atoms with Crippen molar-refractivity contribution in [1.82, 2.24) is 0 Å². The van der Waals surface area contributed by atoms with E-state index in [1.54, 1.807) is 0 Å². The van der Waals surface area contributed by atoms with Gasteiger partial charge in [-0.2, -0.15) is 0 Å². The third kappa shape index (κ3) is 5.35. The van der Waals surface area contributed by atoms with Gasteiger partial charge in [-0.05, 0) is 83.5 Å². The second kappa shape index (κ2) is 10.3. The molecule has 0 bridgehead atoms. The minimum Gasteiger partial charge on any atom is -0.355 e. The molecule has 1 N–H and O–H groups in total. The first-order valence-corrected chi connectivity index (χ1v) is 11.7. The molecule has 1 nitrogen and oxygen atoms in total. The largest absolute Gasteiger partial charge is 0.355 e. The number of hydrogen-bond acceptors (Lipinski definition) is 1. The summed E-state index contributed by atoms with van der Waals surface area (Å²) in [5, 5.41) is 6.25. The van der Waals surface area contributed by atoms with Crippen molar-refractivity contribution in [2.45, 2.75) is 52.4 Å². The Morgan fingerprint density at radius 1 is 0.613 bits per heavy atom. The van der Waals surface area contributed by atoms with Crippen LogP contribution in [0.25, 0.3) is 21.9 Å². The quantitative estimate of drug-likeness (QED) is 0.292. The number of rotatable bonds is 9. The van der Waals surface area contributed by atoms with Gasteiger partial charge in [0.2, 0.25) is 0 Å². The van der Waals surface area contributed by atoms with Crippen molar-refractivity contribution >= 4 is 22.1 Å². The molecule has 4 aromatic carbocycles. The summed E-state index contributed by atoms with van der Waals surface area (Å²) < 4.78 is 0. The molecule has 0 aliphatic rings. The molecular formula is C30H33N. The highest BCUT2D eigenvalue weighted by molar-refractivity contribution is 5.90. The van der Waals surface area contributed by atoms with E-state index in [0.29, 0.717) is 0 Å². The monoisotopic (exact) mass is 407 g/mol. The molecule has 0 aliphatic heterocycles. The minimum atomic E-state index is 1.13. The first-order chi connectivity index (χ1) is 15.3. The number of benzene rings is 4. The number of hydrogen-bond donors (Lipinski definition) is 1. The molecule has 0 amide bonds. The van der Waals surface area contributed by atoms with Crippen LogP contribution in [0, 0.1) is 0 Å². The molecular weight excluding hydrogens is 374 g/mol. The molecule has 1 heteroatoms. The summed E-state index contributed by atoms with van der Waals surface area (Å²) in [5.74, 6) is 0. The van der Waals surface area contributed by atoms with E-state index in [9.17, 15) is 0 Å². The Morgan fingerprint density at radius 2 is 1.29 bits per heavy atom. The lowest BCUT2D eigenvalue weighted by atomic mass is 9.96. The van der Waals surface area contributed by atoms with Crippen molar-refractivity contribution in [2.75, 3.05) is 5.32 Å². The van der Waals surface area contributed by atoms with E-state index in [1.807, 2.05) is 0 Å². The Labute approximate surface area is 187 Å². The van der Waals surface area contributed by atoms with Gasteiger partial charge in [-0.3, -0.25) is 0 Å². The van der Waals surface area contributed by atoms with Crippen LogP contribution in [0.2, 0.25) is 0 Å². The van der Waals surface area contributed by atoms with Crippen molar-refractivity contribution in [3.05, 3.63) is 96.1 Å². The molecule has 0 fully saturated rings. The van der Waals surface area contributed by atoms with Crippen LogP contribution in [-0.4, -0.2) is 0 Å². The molecule has 4 aromatic rings. The van der Waals surface area contributed by atoms with E-state index in [-0.39, 0.29) is 0 Å². The van der Waals surface area contributed by atoms with E-state index in [2.05, 4.69) is 104 Å². The van der Waals surface area contributed by atoms with Gasteiger partial charge in [0.1, 0.15) is 0 Å². The van der Waals surface area contributed by atoms with Gasteiger partial charge in [0.15, 0.2) is 0 Å². The zero-order valence-electron chi connectivity index (χ0n) is 18.8. The highest BCUT2D eigenvalue weighted by Crippen LogP contribution is 2.34. The molecule has 158 valence electrons. The van der Waals surface area contributed by atoms with Gasteiger partial charge < -0.3 is 5.32 Å². The SMILES string of the molecule is CCCCc1ccc(Nc2ccc(CCCC)cc2-c2ccc3ccccc3c2)cc1. The summed E-state index contributed by atoms with van der Waals surface area (Å²) in [6.45, 7) is 4.50. The number of fused-ring (bicyclic) bond motifs is 1. The van der Waals surface area contributed by atoms with E-state index < -0.39 is 0 Å². The van der Waals surface area contributed by atoms with E-state index in [4.69, 9.17) is 0 Å². The molecule has 4 rings (SSSR count). The molecule has 0 atom stereocenters.